The number of rotatable bonds is 3. The van der Waals surface area contributed by atoms with E-state index in [2.05, 4.69) is 29.2 Å². The van der Waals surface area contributed by atoms with Crippen molar-refractivity contribution in [3.05, 3.63) is 65.4 Å². The molecule has 2 heteroatoms. The fourth-order valence-corrected chi connectivity index (χ4v) is 2.64. The second-order valence-electron chi connectivity index (χ2n) is 5.30. The first-order valence-electron chi connectivity index (χ1n) is 6.75. The number of fused-ring (bicyclic) bond motifs is 1. The summed E-state index contributed by atoms with van der Waals surface area (Å²) >= 11 is 0. The number of aldehydes is 1. The molecule has 0 saturated carbocycles. The van der Waals surface area contributed by atoms with Crippen LogP contribution in [0.1, 0.15) is 22.3 Å². The Morgan fingerprint density at radius 3 is 2.40 bits per heavy atom. The number of likely N-dealkylation sites (N-methyl/N-ethyl adjacent to an activating group) is 1. The Morgan fingerprint density at radius 1 is 1.10 bits per heavy atom. The zero-order valence-corrected chi connectivity index (χ0v) is 11.8. The van der Waals surface area contributed by atoms with Gasteiger partial charge in [0.05, 0.1) is 0 Å². The Balaban J connectivity index is 2.12. The highest BCUT2D eigenvalue weighted by molar-refractivity contribution is 5.96. The average Bonchev–Trinajstić information content (AvgIpc) is 2.95. The van der Waals surface area contributed by atoms with Crippen LogP contribution in [-0.2, 0) is 0 Å². The summed E-state index contributed by atoms with van der Waals surface area (Å²) in [7, 11) is 4.07. The van der Waals surface area contributed by atoms with E-state index < -0.39 is 0 Å². The molecule has 2 aromatic carbocycles. The molecule has 0 saturated heterocycles. The van der Waals surface area contributed by atoms with Crippen molar-refractivity contribution in [2.24, 2.45) is 0 Å². The number of nitrogens with zero attached hydrogens (tertiary/aromatic N) is 1. The SMILES string of the molecule is CN(C)C1=CCC(c2cc3ccccc3cc2C=O)=C1. The fraction of sp³-hybridized carbons (Fsp3) is 0.167. The third kappa shape index (κ3) is 2.14. The van der Waals surface area contributed by atoms with E-state index in [-0.39, 0.29) is 0 Å². The van der Waals surface area contributed by atoms with E-state index in [0.717, 1.165) is 29.2 Å². The largest absolute Gasteiger partial charge is 0.378 e. The van der Waals surface area contributed by atoms with E-state index in [4.69, 9.17) is 0 Å². The van der Waals surface area contributed by atoms with Gasteiger partial charge in [-0.15, -0.1) is 0 Å². The summed E-state index contributed by atoms with van der Waals surface area (Å²) in [6, 6.07) is 12.3. The van der Waals surface area contributed by atoms with E-state index in [0.29, 0.717) is 0 Å². The summed E-state index contributed by atoms with van der Waals surface area (Å²) in [5.74, 6) is 0. The zero-order valence-electron chi connectivity index (χ0n) is 11.8. The van der Waals surface area contributed by atoms with Crippen LogP contribution in [0.4, 0.5) is 0 Å². The summed E-state index contributed by atoms with van der Waals surface area (Å²) in [6.07, 6.45) is 6.19. The molecular weight excluding hydrogens is 246 g/mol. The van der Waals surface area contributed by atoms with Gasteiger partial charge in [0.25, 0.3) is 0 Å². The summed E-state index contributed by atoms with van der Waals surface area (Å²) in [6.45, 7) is 0. The maximum Gasteiger partial charge on any atom is 0.150 e. The average molecular weight is 263 g/mol. The van der Waals surface area contributed by atoms with Gasteiger partial charge in [-0.05, 0) is 46.5 Å². The van der Waals surface area contributed by atoms with Crippen molar-refractivity contribution in [2.75, 3.05) is 14.1 Å². The van der Waals surface area contributed by atoms with Gasteiger partial charge in [-0.3, -0.25) is 4.79 Å². The lowest BCUT2D eigenvalue weighted by molar-refractivity contribution is 0.112. The van der Waals surface area contributed by atoms with Crippen molar-refractivity contribution in [3.63, 3.8) is 0 Å². The van der Waals surface area contributed by atoms with Gasteiger partial charge in [-0.25, -0.2) is 0 Å². The number of hydrogen-bond donors (Lipinski definition) is 0. The summed E-state index contributed by atoms with van der Waals surface area (Å²) in [5.41, 5.74) is 4.22. The second kappa shape index (κ2) is 4.97. The Bertz CT molecular complexity index is 738. The molecular formula is C18H17NO. The molecule has 1 aliphatic rings. The molecule has 0 spiro atoms. The number of allylic oxidation sites excluding steroid dienone is 3. The van der Waals surface area contributed by atoms with Gasteiger partial charge >= 0.3 is 0 Å². The number of carbonyl (C=O) groups excluding carboxylic acids is 1. The summed E-state index contributed by atoms with van der Waals surface area (Å²) in [4.78, 5) is 13.5. The molecule has 2 nitrogen and oxygen atoms in total. The maximum absolute atomic E-state index is 11.4. The Labute approximate surface area is 119 Å². The Morgan fingerprint density at radius 2 is 1.80 bits per heavy atom. The number of benzene rings is 2. The molecule has 20 heavy (non-hydrogen) atoms. The molecule has 0 bridgehead atoms. The highest BCUT2D eigenvalue weighted by Crippen LogP contribution is 2.32. The fourth-order valence-electron chi connectivity index (χ4n) is 2.64. The van der Waals surface area contributed by atoms with Crippen LogP contribution < -0.4 is 0 Å². The van der Waals surface area contributed by atoms with Crippen LogP contribution in [0, 0.1) is 0 Å². The minimum Gasteiger partial charge on any atom is -0.378 e. The van der Waals surface area contributed by atoms with Gasteiger partial charge in [-0.1, -0.05) is 30.3 Å². The van der Waals surface area contributed by atoms with Crippen LogP contribution in [0.15, 0.2) is 54.2 Å². The van der Waals surface area contributed by atoms with Crippen molar-refractivity contribution in [2.45, 2.75) is 6.42 Å². The van der Waals surface area contributed by atoms with E-state index in [1.165, 1.54) is 16.7 Å². The van der Waals surface area contributed by atoms with Crippen LogP contribution >= 0.6 is 0 Å². The summed E-state index contributed by atoms with van der Waals surface area (Å²) < 4.78 is 0. The van der Waals surface area contributed by atoms with Crippen LogP contribution in [0.5, 0.6) is 0 Å². The lowest BCUT2D eigenvalue weighted by Crippen LogP contribution is -2.07. The van der Waals surface area contributed by atoms with Gasteiger partial charge in [0.2, 0.25) is 0 Å². The predicted octanol–water partition coefficient (Wildman–Crippen LogP) is 3.88. The van der Waals surface area contributed by atoms with Gasteiger partial charge < -0.3 is 4.90 Å². The second-order valence-corrected chi connectivity index (χ2v) is 5.30. The number of carbonyl (C=O) groups is 1. The molecule has 0 unspecified atom stereocenters. The normalized spacial score (nSPS) is 14.1. The Hall–Kier alpha value is -2.35. The van der Waals surface area contributed by atoms with Gasteiger partial charge in [0.15, 0.2) is 6.29 Å². The van der Waals surface area contributed by atoms with Gasteiger partial charge in [0, 0.05) is 25.4 Å². The molecule has 3 rings (SSSR count). The summed E-state index contributed by atoms with van der Waals surface area (Å²) in [5, 5.41) is 2.28. The third-order valence-electron chi connectivity index (χ3n) is 3.76. The van der Waals surface area contributed by atoms with Gasteiger partial charge in [-0.2, -0.15) is 0 Å². The van der Waals surface area contributed by atoms with Crippen LogP contribution in [-0.4, -0.2) is 25.3 Å². The lowest BCUT2D eigenvalue weighted by atomic mass is 9.95. The van der Waals surface area contributed by atoms with Crippen LogP contribution in [0.25, 0.3) is 16.3 Å². The minimum atomic E-state index is 0.767. The molecule has 0 atom stereocenters. The van der Waals surface area contributed by atoms with Crippen molar-refractivity contribution in [1.82, 2.24) is 4.90 Å². The predicted molar refractivity (Wildman–Crippen MR) is 83.7 cm³/mol. The highest BCUT2D eigenvalue weighted by atomic mass is 16.1. The molecule has 0 radical (unpaired) electrons. The minimum absolute atomic E-state index is 0.767. The topological polar surface area (TPSA) is 20.3 Å². The van der Waals surface area contributed by atoms with Crippen LogP contribution in [0.2, 0.25) is 0 Å². The zero-order chi connectivity index (χ0) is 14.1. The first kappa shape index (κ1) is 12.7. The van der Waals surface area contributed by atoms with E-state index in [1.54, 1.807) is 0 Å². The first-order chi connectivity index (χ1) is 9.69. The van der Waals surface area contributed by atoms with E-state index in [9.17, 15) is 4.79 Å². The lowest BCUT2D eigenvalue weighted by Gasteiger charge is -2.11. The monoisotopic (exact) mass is 263 g/mol. The smallest absolute Gasteiger partial charge is 0.150 e. The van der Waals surface area contributed by atoms with Crippen molar-refractivity contribution < 1.29 is 4.79 Å². The maximum atomic E-state index is 11.4. The quantitative estimate of drug-likeness (QED) is 0.783. The Kier molecular flexibility index (Phi) is 3.15. The van der Waals surface area contributed by atoms with Gasteiger partial charge in [0.1, 0.15) is 0 Å². The molecule has 100 valence electrons. The number of hydrogen-bond acceptors (Lipinski definition) is 2. The molecule has 0 N–H and O–H groups in total. The van der Waals surface area contributed by atoms with E-state index >= 15 is 0 Å². The molecule has 0 fully saturated rings. The third-order valence-corrected chi connectivity index (χ3v) is 3.76. The van der Waals surface area contributed by atoms with Crippen molar-refractivity contribution in [3.8, 4) is 0 Å². The first-order valence-corrected chi connectivity index (χ1v) is 6.75. The van der Waals surface area contributed by atoms with Crippen molar-refractivity contribution >= 4 is 22.6 Å². The van der Waals surface area contributed by atoms with Crippen molar-refractivity contribution in [1.29, 1.82) is 0 Å². The molecule has 0 aliphatic heterocycles. The molecule has 0 heterocycles. The van der Waals surface area contributed by atoms with Crippen LogP contribution in [0.3, 0.4) is 0 Å². The molecule has 1 aliphatic carbocycles. The van der Waals surface area contributed by atoms with E-state index in [1.807, 2.05) is 38.4 Å². The molecule has 2 aromatic rings. The highest BCUT2D eigenvalue weighted by Gasteiger charge is 2.14. The molecule has 0 amide bonds. The molecule has 0 aromatic heterocycles. The standard InChI is InChI=1S/C18H17NO/c1-19(2)17-8-7-15(10-17)18-11-14-6-4-3-5-13(14)9-16(18)12-20/h3-6,8-12H,7H2,1-2H3.